The molecule has 27 heavy (non-hydrogen) atoms. The lowest BCUT2D eigenvalue weighted by atomic mass is 9.96. The number of carbonyl (C=O) groups is 2. The fourth-order valence-corrected chi connectivity index (χ4v) is 3.26. The van der Waals surface area contributed by atoms with Gasteiger partial charge in [0, 0.05) is 35.4 Å². The first-order valence-corrected chi connectivity index (χ1v) is 9.21. The van der Waals surface area contributed by atoms with E-state index in [9.17, 15) is 9.59 Å². The van der Waals surface area contributed by atoms with Crippen LogP contribution in [0.25, 0.3) is 0 Å². The number of piperidine rings is 1. The average Bonchev–Trinajstić information content (AvgIpc) is 2.67. The van der Waals surface area contributed by atoms with Crippen LogP contribution in [0.1, 0.15) is 12.8 Å². The Morgan fingerprint density at radius 2 is 1.85 bits per heavy atom. The second-order valence-corrected chi connectivity index (χ2v) is 6.94. The van der Waals surface area contributed by atoms with E-state index in [0.717, 1.165) is 31.6 Å². The molecule has 6 nitrogen and oxygen atoms in total. The number of carbonyl (C=O) groups excluding carboxylic acids is 2. The number of hydrogen-bond acceptors (Lipinski definition) is 4. The van der Waals surface area contributed by atoms with Crippen molar-refractivity contribution >= 4 is 34.8 Å². The normalized spacial score (nSPS) is 14.6. The molecule has 7 heteroatoms. The smallest absolute Gasteiger partial charge is 0.262 e. The third-order valence-electron chi connectivity index (χ3n) is 4.58. The van der Waals surface area contributed by atoms with Crippen LogP contribution in [0.3, 0.4) is 0 Å². The van der Waals surface area contributed by atoms with Crippen LogP contribution in [0.5, 0.6) is 5.75 Å². The first-order chi connectivity index (χ1) is 13.0. The third kappa shape index (κ3) is 5.37. The molecular formula is C20H22ClN3O3. The summed E-state index contributed by atoms with van der Waals surface area (Å²) in [6.45, 7) is 1.50. The van der Waals surface area contributed by atoms with Gasteiger partial charge in [0.15, 0.2) is 6.61 Å². The Morgan fingerprint density at radius 3 is 2.48 bits per heavy atom. The molecule has 2 amide bonds. The Labute approximate surface area is 163 Å². The number of hydrogen-bond donors (Lipinski definition) is 2. The van der Waals surface area contributed by atoms with Crippen molar-refractivity contribution in [1.82, 2.24) is 0 Å². The Bertz CT molecular complexity index is 802. The van der Waals surface area contributed by atoms with Crippen molar-refractivity contribution in [3.8, 4) is 5.75 Å². The maximum Gasteiger partial charge on any atom is 0.262 e. The number of nitrogens with two attached hydrogens (primary N) is 1. The molecule has 1 heterocycles. The second-order valence-electron chi connectivity index (χ2n) is 6.50. The Morgan fingerprint density at radius 1 is 1.15 bits per heavy atom. The summed E-state index contributed by atoms with van der Waals surface area (Å²) in [7, 11) is 0. The molecule has 3 N–H and O–H groups in total. The standard InChI is InChI=1S/C20H22ClN3O3/c21-15-2-1-3-18(12-15)27-13-19(25)23-16-4-6-17(7-5-16)24-10-8-14(9-11-24)20(22)26/h1-7,12,14H,8-11,13H2,(H2,22,26)(H,23,25). The molecule has 1 aliphatic rings. The molecule has 2 aromatic rings. The van der Waals surface area contributed by atoms with Gasteiger partial charge in [-0.05, 0) is 55.3 Å². The highest BCUT2D eigenvalue weighted by Crippen LogP contribution is 2.24. The van der Waals surface area contributed by atoms with Crippen LogP contribution in [-0.2, 0) is 9.59 Å². The van der Waals surface area contributed by atoms with Crippen LogP contribution in [0.2, 0.25) is 5.02 Å². The van der Waals surface area contributed by atoms with Gasteiger partial charge in [-0.2, -0.15) is 0 Å². The van der Waals surface area contributed by atoms with Gasteiger partial charge in [-0.15, -0.1) is 0 Å². The van der Waals surface area contributed by atoms with Gasteiger partial charge in [0.2, 0.25) is 5.91 Å². The van der Waals surface area contributed by atoms with E-state index in [1.165, 1.54) is 0 Å². The third-order valence-corrected chi connectivity index (χ3v) is 4.81. The monoisotopic (exact) mass is 387 g/mol. The predicted octanol–water partition coefficient (Wildman–Crippen LogP) is 3.06. The fraction of sp³-hybridized carbons (Fsp3) is 0.300. The first-order valence-electron chi connectivity index (χ1n) is 8.84. The molecule has 1 aliphatic heterocycles. The van der Waals surface area contributed by atoms with Crippen molar-refractivity contribution in [1.29, 1.82) is 0 Å². The molecule has 0 atom stereocenters. The van der Waals surface area contributed by atoms with Crippen LogP contribution in [0.4, 0.5) is 11.4 Å². The zero-order valence-corrected chi connectivity index (χ0v) is 15.6. The van der Waals surface area contributed by atoms with E-state index in [2.05, 4.69) is 10.2 Å². The lowest BCUT2D eigenvalue weighted by Crippen LogP contribution is -2.38. The maximum atomic E-state index is 12.0. The van der Waals surface area contributed by atoms with Crippen molar-refractivity contribution in [2.75, 3.05) is 29.9 Å². The lowest BCUT2D eigenvalue weighted by molar-refractivity contribution is -0.122. The molecule has 3 rings (SSSR count). The van der Waals surface area contributed by atoms with Gasteiger partial charge in [-0.25, -0.2) is 0 Å². The highest BCUT2D eigenvalue weighted by molar-refractivity contribution is 6.30. The number of halogens is 1. The number of primary amides is 1. The van der Waals surface area contributed by atoms with E-state index < -0.39 is 0 Å². The highest BCUT2D eigenvalue weighted by atomic mass is 35.5. The van der Waals surface area contributed by atoms with E-state index in [1.807, 2.05) is 24.3 Å². The summed E-state index contributed by atoms with van der Waals surface area (Å²) in [6, 6.07) is 14.5. The average molecular weight is 388 g/mol. The lowest BCUT2D eigenvalue weighted by Gasteiger charge is -2.32. The Hall–Kier alpha value is -2.73. The molecule has 1 fully saturated rings. The Kier molecular flexibility index (Phi) is 6.19. The highest BCUT2D eigenvalue weighted by Gasteiger charge is 2.23. The van der Waals surface area contributed by atoms with Gasteiger partial charge >= 0.3 is 0 Å². The van der Waals surface area contributed by atoms with Crippen LogP contribution in [0.15, 0.2) is 48.5 Å². The number of nitrogens with one attached hydrogen (secondary N) is 1. The summed E-state index contributed by atoms with van der Waals surface area (Å²) in [5, 5.41) is 3.36. The molecule has 0 spiro atoms. The van der Waals surface area contributed by atoms with Crippen molar-refractivity contribution in [2.24, 2.45) is 11.7 Å². The predicted molar refractivity (Wildman–Crippen MR) is 106 cm³/mol. The zero-order valence-electron chi connectivity index (χ0n) is 14.9. The number of rotatable bonds is 6. The van der Waals surface area contributed by atoms with Crippen LogP contribution in [0, 0.1) is 5.92 Å². The SMILES string of the molecule is NC(=O)C1CCN(c2ccc(NC(=O)COc3cccc(Cl)c3)cc2)CC1. The molecule has 0 saturated carbocycles. The van der Waals surface area contributed by atoms with Crippen molar-refractivity contribution in [2.45, 2.75) is 12.8 Å². The first kappa shape index (κ1) is 19.0. The summed E-state index contributed by atoms with van der Waals surface area (Å²) in [4.78, 5) is 25.5. The maximum absolute atomic E-state index is 12.0. The van der Waals surface area contributed by atoms with E-state index in [4.69, 9.17) is 22.1 Å². The van der Waals surface area contributed by atoms with Gasteiger partial charge in [0.25, 0.3) is 5.91 Å². The number of ether oxygens (including phenoxy) is 1. The van der Waals surface area contributed by atoms with Crippen LogP contribution < -0.4 is 20.7 Å². The quantitative estimate of drug-likeness (QED) is 0.797. The van der Waals surface area contributed by atoms with Crippen molar-refractivity contribution < 1.29 is 14.3 Å². The van der Waals surface area contributed by atoms with Crippen molar-refractivity contribution in [3.63, 3.8) is 0 Å². The molecule has 1 saturated heterocycles. The number of amides is 2. The number of anilines is 2. The summed E-state index contributed by atoms with van der Waals surface area (Å²) >= 11 is 5.88. The molecule has 0 bridgehead atoms. The molecular weight excluding hydrogens is 366 g/mol. The Balaban J connectivity index is 1.49. The molecule has 0 aliphatic carbocycles. The van der Waals surface area contributed by atoms with Crippen LogP contribution >= 0.6 is 11.6 Å². The minimum atomic E-state index is -0.245. The summed E-state index contributed by atoms with van der Waals surface area (Å²) < 4.78 is 5.43. The van der Waals surface area contributed by atoms with Gasteiger partial charge < -0.3 is 20.7 Å². The van der Waals surface area contributed by atoms with Gasteiger partial charge in [0.1, 0.15) is 5.75 Å². The zero-order chi connectivity index (χ0) is 19.2. The molecule has 2 aromatic carbocycles. The number of nitrogens with zero attached hydrogens (tertiary/aromatic N) is 1. The van der Waals surface area contributed by atoms with E-state index in [-0.39, 0.29) is 24.3 Å². The fourth-order valence-electron chi connectivity index (χ4n) is 3.08. The largest absolute Gasteiger partial charge is 0.484 e. The number of benzene rings is 2. The summed E-state index contributed by atoms with van der Waals surface area (Å²) in [5.74, 6) is 0.0596. The topological polar surface area (TPSA) is 84.7 Å². The molecule has 142 valence electrons. The van der Waals surface area contributed by atoms with E-state index in [0.29, 0.717) is 16.5 Å². The molecule has 0 unspecified atom stereocenters. The van der Waals surface area contributed by atoms with E-state index in [1.54, 1.807) is 24.3 Å². The van der Waals surface area contributed by atoms with Gasteiger partial charge in [-0.1, -0.05) is 17.7 Å². The second kappa shape index (κ2) is 8.77. The summed E-state index contributed by atoms with van der Waals surface area (Å²) in [5.41, 5.74) is 7.13. The molecule has 0 radical (unpaired) electrons. The minimum absolute atomic E-state index is 0.0284. The van der Waals surface area contributed by atoms with Gasteiger partial charge in [0.05, 0.1) is 0 Å². The van der Waals surface area contributed by atoms with Crippen LogP contribution in [-0.4, -0.2) is 31.5 Å². The molecule has 0 aromatic heterocycles. The van der Waals surface area contributed by atoms with E-state index >= 15 is 0 Å². The van der Waals surface area contributed by atoms with Gasteiger partial charge in [-0.3, -0.25) is 9.59 Å². The summed E-state index contributed by atoms with van der Waals surface area (Å²) in [6.07, 6.45) is 1.54. The van der Waals surface area contributed by atoms with Crippen molar-refractivity contribution in [3.05, 3.63) is 53.6 Å². The minimum Gasteiger partial charge on any atom is -0.484 e.